The topological polar surface area (TPSA) is 79.4 Å². The molecule has 32 heavy (non-hydrogen) atoms. The quantitative estimate of drug-likeness (QED) is 0.684. The summed E-state index contributed by atoms with van der Waals surface area (Å²) in [5.74, 6) is 2.05. The molecular formula is C23H33N3O5S. The number of anilines is 1. The molecule has 1 aromatic rings. The second-order valence-electron chi connectivity index (χ2n) is 10.2. The zero-order chi connectivity index (χ0) is 22.9. The van der Waals surface area contributed by atoms with E-state index in [0.717, 1.165) is 36.6 Å². The fourth-order valence-electron chi connectivity index (χ4n) is 6.55. The monoisotopic (exact) mass is 463 g/mol. The molecule has 176 valence electrons. The number of amides is 2. The number of fused-ring (bicyclic) bond motifs is 1. The Labute approximate surface area is 190 Å². The third-order valence-corrected chi connectivity index (χ3v) is 10.3. The van der Waals surface area contributed by atoms with Gasteiger partial charge in [0.2, 0.25) is 0 Å². The molecule has 8 nitrogen and oxygen atoms in total. The van der Waals surface area contributed by atoms with Crippen LogP contribution < -0.4 is 14.4 Å². The molecule has 1 saturated carbocycles. The van der Waals surface area contributed by atoms with Crippen molar-refractivity contribution in [2.24, 2.45) is 11.3 Å². The molecule has 3 saturated heterocycles. The number of hydrogen-bond acceptors (Lipinski definition) is 6. The van der Waals surface area contributed by atoms with Crippen LogP contribution in [0.1, 0.15) is 26.7 Å². The maximum atomic E-state index is 13.5. The number of hydrogen-bond donors (Lipinski definition) is 0. The first-order valence-corrected chi connectivity index (χ1v) is 13.2. The Balaban J connectivity index is 1.41. The summed E-state index contributed by atoms with van der Waals surface area (Å²) in [5, 5.41) is 0. The van der Waals surface area contributed by atoms with E-state index >= 15 is 0 Å². The summed E-state index contributed by atoms with van der Waals surface area (Å²) in [5.41, 5.74) is 0.843. The number of urea groups is 1. The molecule has 4 aliphatic rings. The predicted molar refractivity (Wildman–Crippen MR) is 122 cm³/mol. The van der Waals surface area contributed by atoms with Crippen molar-refractivity contribution >= 4 is 21.6 Å². The summed E-state index contributed by atoms with van der Waals surface area (Å²) in [6.45, 7) is 6.72. The van der Waals surface area contributed by atoms with Crippen molar-refractivity contribution in [3.63, 3.8) is 0 Å². The van der Waals surface area contributed by atoms with Crippen LogP contribution in [0.4, 0.5) is 10.5 Å². The normalized spacial score (nSPS) is 35.2. The highest BCUT2D eigenvalue weighted by molar-refractivity contribution is 7.91. The summed E-state index contributed by atoms with van der Waals surface area (Å²) < 4.78 is 34.7. The van der Waals surface area contributed by atoms with Crippen molar-refractivity contribution < 1.29 is 22.7 Å². The molecule has 0 spiro atoms. The van der Waals surface area contributed by atoms with Gasteiger partial charge in [-0.1, -0.05) is 6.92 Å². The van der Waals surface area contributed by atoms with Crippen molar-refractivity contribution in [2.75, 3.05) is 56.8 Å². The van der Waals surface area contributed by atoms with Gasteiger partial charge in [0.05, 0.1) is 31.3 Å². The molecule has 0 radical (unpaired) electrons. The summed E-state index contributed by atoms with van der Waals surface area (Å²) in [7, 11) is 0.319. The lowest BCUT2D eigenvalue weighted by atomic mass is 9.45. The zero-order valence-corrected chi connectivity index (χ0v) is 20.2. The van der Waals surface area contributed by atoms with Crippen molar-refractivity contribution in [1.82, 2.24) is 9.80 Å². The van der Waals surface area contributed by atoms with Crippen molar-refractivity contribution in [1.29, 1.82) is 0 Å². The lowest BCUT2D eigenvalue weighted by Gasteiger charge is -2.74. The largest absolute Gasteiger partial charge is 0.497 e. The van der Waals surface area contributed by atoms with Gasteiger partial charge in [-0.25, -0.2) is 13.2 Å². The number of carbonyl (C=O) groups is 1. The van der Waals surface area contributed by atoms with Crippen LogP contribution >= 0.6 is 0 Å². The van der Waals surface area contributed by atoms with Gasteiger partial charge in [-0.05, 0) is 25.7 Å². The lowest BCUT2D eigenvalue weighted by molar-refractivity contribution is -0.165. The van der Waals surface area contributed by atoms with Crippen LogP contribution in [0.5, 0.6) is 11.5 Å². The van der Waals surface area contributed by atoms with Crippen molar-refractivity contribution in [3.8, 4) is 11.5 Å². The summed E-state index contributed by atoms with van der Waals surface area (Å²) >= 11 is 0. The number of benzene rings is 1. The van der Waals surface area contributed by atoms with E-state index in [1.165, 1.54) is 0 Å². The number of methoxy groups -OCH3 is 2. The number of likely N-dealkylation sites (tertiary alicyclic amines) is 1. The van der Waals surface area contributed by atoms with Crippen LogP contribution in [-0.4, -0.2) is 87.7 Å². The van der Waals surface area contributed by atoms with Crippen LogP contribution in [0.15, 0.2) is 18.2 Å². The molecule has 9 heteroatoms. The van der Waals surface area contributed by atoms with Gasteiger partial charge in [0.15, 0.2) is 9.84 Å². The first-order valence-electron chi connectivity index (χ1n) is 11.4. The van der Waals surface area contributed by atoms with Crippen molar-refractivity contribution in [2.45, 2.75) is 38.3 Å². The zero-order valence-electron chi connectivity index (χ0n) is 19.3. The number of ether oxygens (including phenoxy) is 2. The van der Waals surface area contributed by atoms with Gasteiger partial charge in [-0.15, -0.1) is 0 Å². The molecule has 5 rings (SSSR count). The molecule has 1 aliphatic carbocycles. The Hall–Kier alpha value is -2.16. The minimum atomic E-state index is -3.01. The lowest BCUT2D eigenvalue weighted by Crippen LogP contribution is -2.83. The van der Waals surface area contributed by atoms with Gasteiger partial charge >= 0.3 is 6.03 Å². The third-order valence-electron chi connectivity index (χ3n) is 8.65. The maximum Gasteiger partial charge on any atom is 0.320 e. The van der Waals surface area contributed by atoms with E-state index in [2.05, 4.69) is 35.8 Å². The Kier molecular flexibility index (Phi) is 4.86. The molecule has 0 N–H and O–H groups in total. The van der Waals surface area contributed by atoms with E-state index in [1.807, 2.05) is 6.07 Å². The molecule has 1 aromatic carbocycles. The van der Waals surface area contributed by atoms with E-state index in [0.29, 0.717) is 31.6 Å². The molecular weight excluding hydrogens is 430 g/mol. The highest BCUT2D eigenvalue weighted by Gasteiger charge is 2.70. The summed E-state index contributed by atoms with van der Waals surface area (Å²) in [4.78, 5) is 19.8. The van der Waals surface area contributed by atoms with E-state index in [-0.39, 0.29) is 28.5 Å². The highest BCUT2D eigenvalue weighted by atomic mass is 32.2. The van der Waals surface area contributed by atoms with Crippen LogP contribution in [0, 0.1) is 11.3 Å². The number of nitrogens with zero attached hydrogens (tertiary/aromatic N) is 3. The first kappa shape index (κ1) is 21.7. The third kappa shape index (κ3) is 3.07. The average molecular weight is 464 g/mol. The number of rotatable bonds is 3. The second-order valence-corrected chi connectivity index (χ2v) is 12.5. The molecule has 3 heterocycles. The van der Waals surface area contributed by atoms with Gasteiger partial charge < -0.3 is 24.2 Å². The average Bonchev–Trinajstić information content (AvgIpc) is 2.76. The van der Waals surface area contributed by atoms with Gasteiger partial charge in [0.1, 0.15) is 11.5 Å². The number of sulfone groups is 1. The smallest absolute Gasteiger partial charge is 0.320 e. The van der Waals surface area contributed by atoms with Crippen LogP contribution in [0.25, 0.3) is 0 Å². The van der Waals surface area contributed by atoms with Crippen LogP contribution in [-0.2, 0) is 9.84 Å². The summed E-state index contributed by atoms with van der Waals surface area (Å²) in [6, 6.07) is 6.37. The van der Waals surface area contributed by atoms with E-state index in [9.17, 15) is 13.2 Å². The van der Waals surface area contributed by atoms with Gasteiger partial charge in [-0.3, -0.25) is 0 Å². The molecule has 4 unspecified atom stereocenters. The minimum Gasteiger partial charge on any atom is -0.497 e. The Bertz CT molecular complexity index is 1010. The van der Waals surface area contributed by atoms with Crippen LogP contribution in [0.2, 0.25) is 0 Å². The predicted octanol–water partition coefficient (Wildman–Crippen LogP) is 2.23. The van der Waals surface area contributed by atoms with E-state index in [1.54, 1.807) is 19.1 Å². The molecule has 4 fully saturated rings. The fourth-order valence-corrected chi connectivity index (χ4v) is 7.75. The van der Waals surface area contributed by atoms with E-state index in [4.69, 9.17) is 9.47 Å². The summed E-state index contributed by atoms with van der Waals surface area (Å²) in [6.07, 6.45) is 2.00. The Morgan fingerprint density at radius 2 is 1.62 bits per heavy atom. The highest BCUT2D eigenvalue weighted by Crippen LogP contribution is 2.64. The fraction of sp³-hybridized carbons (Fsp3) is 0.696. The molecule has 3 aliphatic heterocycles. The maximum absolute atomic E-state index is 13.5. The van der Waals surface area contributed by atoms with Gasteiger partial charge in [0, 0.05) is 61.5 Å². The Morgan fingerprint density at radius 3 is 2.22 bits per heavy atom. The Morgan fingerprint density at radius 1 is 1.00 bits per heavy atom. The minimum absolute atomic E-state index is 0.00766. The first-order chi connectivity index (χ1) is 15.1. The van der Waals surface area contributed by atoms with Crippen molar-refractivity contribution in [3.05, 3.63) is 18.2 Å². The SMILES string of the molecule is COc1cc(OC)cc(N2CC3CN(C(=O)N4CCS(=O)(=O)CC4)C4(C)CC2C4(C)C3)c1. The molecule has 2 amide bonds. The number of carbonyl (C=O) groups excluding carboxylic acids is 1. The standard InChI is InChI=1S/C23H33N3O5S/c1-22-12-16-14-25(17-9-18(30-3)11-19(10-17)31-4)20(22)13-23(22,2)26(15-16)21(27)24-5-7-32(28,29)8-6-24/h9-11,16,20H,5-8,12-15H2,1-4H3. The van der Waals surface area contributed by atoms with Gasteiger partial charge in [-0.2, -0.15) is 0 Å². The molecule has 4 atom stereocenters. The molecule has 2 bridgehead atoms. The number of piperidine rings is 2. The second kappa shape index (κ2) is 7.17. The van der Waals surface area contributed by atoms with Gasteiger partial charge in [0.25, 0.3) is 0 Å². The molecule has 0 aromatic heterocycles. The van der Waals surface area contributed by atoms with Crippen LogP contribution in [0.3, 0.4) is 0 Å². The van der Waals surface area contributed by atoms with E-state index < -0.39 is 9.84 Å².